The van der Waals surface area contributed by atoms with E-state index in [0.717, 1.165) is 38.4 Å². The molecule has 0 bridgehead atoms. The van der Waals surface area contributed by atoms with E-state index in [1.807, 2.05) is 11.1 Å². The number of likely N-dealkylation sites (tertiary alicyclic amines) is 1. The maximum atomic E-state index is 12.8. The van der Waals surface area contributed by atoms with Gasteiger partial charge in [0.05, 0.1) is 0 Å². The molecule has 4 rings (SSSR count). The number of ketones is 1. The summed E-state index contributed by atoms with van der Waals surface area (Å²) in [5.74, 6) is 2.45. The lowest BCUT2D eigenvalue weighted by atomic mass is 9.95. The van der Waals surface area contributed by atoms with Gasteiger partial charge in [0.2, 0.25) is 0 Å². The lowest BCUT2D eigenvalue weighted by molar-refractivity contribution is 0.0710. The minimum atomic E-state index is -0.0131. The van der Waals surface area contributed by atoms with E-state index in [1.54, 1.807) is 24.3 Å². The predicted octanol–water partition coefficient (Wildman–Crippen LogP) is 3.52. The van der Waals surface area contributed by atoms with Crippen LogP contribution in [0.15, 0.2) is 36.7 Å². The van der Waals surface area contributed by atoms with Gasteiger partial charge < -0.3 is 9.47 Å². The van der Waals surface area contributed by atoms with Crippen LogP contribution in [-0.4, -0.2) is 39.2 Å². The van der Waals surface area contributed by atoms with Crippen LogP contribution >= 0.6 is 0 Å². The second-order valence-corrected chi connectivity index (χ2v) is 7.58. The average Bonchev–Trinajstić information content (AvgIpc) is 3.36. The Bertz CT molecular complexity index is 814. The van der Waals surface area contributed by atoms with Crippen molar-refractivity contribution < 1.29 is 9.59 Å². The second kappa shape index (κ2) is 7.06. The smallest absolute Gasteiger partial charge is 0.253 e. The number of Topliss-reactive ketones (excluding diaryl/α,β-unsaturated/α-hetero) is 1. The van der Waals surface area contributed by atoms with Crippen LogP contribution in [0.4, 0.5) is 0 Å². The maximum Gasteiger partial charge on any atom is 0.253 e. The summed E-state index contributed by atoms with van der Waals surface area (Å²) in [5, 5.41) is 0. The van der Waals surface area contributed by atoms with Crippen LogP contribution in [0.3, 0.4) is 0 Å². The first-order valence-corrected chi connectivity index (χ1v) is 9.53. The molecule has 1 aromatic carbocycles. The molecule has 5 heteroatoms. The fraction of sp³-hybridized carbons (Fsp3) is 0.476. The summed E-state index contributed by atoms with van der Waals surface area (Å²) in [5.41, 5.74) is 1.19. The monoisotopic (exact) mass is 351 g/mol. The Kier molecular flexibility index (Phi) is 4.62. The summed E-state index contributed by atoms with van der Waals surface area (Å²) < 4.78 is 2.32. The Labute approximate surface area is 154 Å². The van der Waals surface area contributed by atoms with E-state index in [9.17, 15) is 9.59 Å². The van der Waals surface area contributed by atoms with Crippen LogP contribution in [0.5, 0.6) is 0 Å². The fourth-order valence-electron chi connectivity index (χ4n) is 3.81. The molecule has 1 aliphatic heterocycles. The molecule has 136 valence electrons. The summed E-state index contributed by atoms with van der Waals surface area (Å²) in [6.07, 6.45) is 8.56. The number of aromatic nitrogens is 2. The van der Waals surface area contributed by atoms with Crippen molar-refractivity contribution in [2.45, 2.75) is 45.1 Å². The molecule has 1 amide bonds. The van der Waals surface area contributed by atoms with Gasteiger partial charge >= 0.3 is 0 Å². The highest BCUT2D eigenvalue weighted by Gasteiger charge is 2.29. The fourth-order valence-corrected chi connectivity index (χ4v) is 3.81. The number of piperidine rings is 1. The standard InChI is InChI=1S/C21H25N3O2/c1-15(25)18-3-2-4-19(13-18)21(26)23-10-7-17(8-11-23)20-22-9-12-24(20)14-16-5-6-16/h2-4,9,12-13,16-17H,5-8,10-11,14H2,1H3. The zero-order chi connectivity index (χ0) is 18.1. The van der Waals surface area contributed by atoms with Gasteiger partial charge in [-0.1, -0.05) is 12.1 Å². The predicted molar refractivity (Wildman–Crippen MR) is 99.3 cm³/mol. The Morgan fingerprint density at radius 2 is 1.85 bits per heavy atom. The van der Waals surface area contributed by atoms with Crippen LogP contribution in [-0.2, 0) is 6.54 Å². The summed E-state index contributed by atoms with van der Waals surface area (Å²) in [7, 11) is 0. The Morgan fingerprint density at radius 3 is 2.54 bits per heavy atom. The van der Waals surface area contributed by atoms with E-state index >= 15 is 0 Å². The summed E-state index contributed by atoms with van der Waals surface area (Å²) in [6, 6.07) is 7.04. The van der Waals surface area contributed by atoms with Crippen molar-refractivity contribution in [2.24, 2.45) is 5.92 Å². The molecule has 0 unspecified atom stereocenters. The van der Waals surface area contributed by atoms with Gasteiger partial charge in [0.25, 0.3) is 5.91 Å². The number of hydrogen-bond donors (Lipinski definition) is 0. The third-order valence-electron chi connectivity index (χ3n) is 5.56. The third-order valence-corrected chi connectivity index (χ3v) is 5.56. The molecule has 26 heavy (non-hydrogen) atoms. The van der Waals surface area contributed by atoms with Crippen molar-refractivity contribution in [1.82, 2.24) is 14.5 Å². The van der Waals surface area contributed by atoms with Crippen LogP contribution in [0.1, 0.15) is 65.1 Å². The molecule has 1 saturated carbocycles. The van der Waals surface area contributed by atoms with Crippen molar-refractivity contribution in [1.29, 1.82) is 0 Å². The molecular weight excluding hydrogens is 326 g/mol. The van der Waals surface area contributed by atoms with Crippen molar-refractivity contribution >= 4 is 11.7 Å². The zero-order valence-corrected chi connectivity index (χ0v) is 15.2. The van der Waals surface area contributed by atoms with Gasteiger partial charge in [-0.15, -0.1) is 0 Å². The van der Waals surface area contributed by atoms with Crippen molar-refractivity contribution in [3.8, 4) is 0 Å². The van der Waals surface area contributed by atoms with Crippen LogP contribution in [0, 0.1) is 5.92 Å². The molecule has 0 radical (unpaired) electrons. The normalized spacial score (nSPS) is 18.1. The van der Waals surface area contributed by atoms with E-state index in [4.69, 9.17) is 0 Å². The van der Waals surface area contributed by atoms with Gasteiger partial charge in [-0.05, 0) is 50.7 Å². The van der Waals surface area contributed by atoms with Crippen LogP contribution in [0.25, 0.3) is 0 Å². The molecular formula is C21H25N3O2. The van der Waals surface area contributed by atoms with E-state index in [1.165, 1.54) is 25.6 Å². The Morgan fingerprint density at radius 1 is 1.12 bits per heavy atom. The zero-order valence-electron chi connectivity index (χ0n) is 15.2. The van der Waals surface area contributed by atoms with Gasteiger partial charge in [-0.25, -0.2) is 4.98 Å². The number of carbonyl (C=O) groups excluding carboxylic acids is 2. The molecule has 0 spiro atoms. The molecule has 5 nitrogen and oxygen atoms in total. The first-order chi connectivity index (χ1) is 12.6. The van der Waals surface area contributed by atoms with Crippen LogP contribution < -0.4 is 0 Å². The molecule has 2 aromatic rings. The Hall–Kier alpha value is -2.43. The highest BCUT2D eigenvalue weighted by molar-refractivity contribution is 5.99. The van der Waals surface area contributed by atoms with Gasteiger partial charge in [0.1, 0.15) is 5.82 Å². The quantitative estimate of drug-likeness (QED) is 0.775. The summed E-state index contributed by atoms with van der Waals surface area (Å²) in [6.45, 7) is 4.10. The number of nitrogens with zero attached hydrogens (tertiary/aromatic N) is 3. The minimum Gasteiger partial charge on any atom is -0.339 e. The van der Waals surface area contributed by atoms with Crippen molar-refractivity contribution in [3.63, 3.8) is 0 Å². The van der Waals surface area contributed by atoms with Gasteiger partial charge in [0.15, 0.2) is 5.78 Å². The van der Waals surface area contributed by atoms with Gasteiger partial charge in [-0.2, -0.15) is 0 Å². The number of hydrogen-bond acceptors (Lipinski definition) is 3. The number of imidazole rings is 1. The number of amides is 1. The maximum absolute atomic E-state index is 12.8. The molecule has 0 atom stereocenters. The summed E-state index contributed by atoms with van der Waals surface area (Å²) in [4.78, 5) is 30.8. The van der Waals surface area contributed by atoms with E-state index < -0.39 is 0 Å². The van der Waals surface area contributed by atoms with Crippen LogP contribution in [0.2, 0.25) is 0 Å². The number of rotatable bonds is 5. The first-order valence-electron chi connectivity index (χ1n) is 9.53. The Balaban J connectivity index is 1.40. The first kappa shape index (κ1) is 17.0. The second-order valence-electron chi connectivity index (χ2n) is 7.58. The van der Waals surface area contributed by atoms with E-state index in [2.05, 4.69) is 15.7 Å². The van der Waals surface area contributed by atoms with Crippen molar-refractivity contribution in [2.75, 3.05) is 13.1 Å². The lowest BCUT2D eigenvalue weighted by Crippen LogP contribution is -2.38. The van der Waals surface area contributed by atoms with Gasteiger partial charge in [0, 0.05) is 49.1 Å². The number of benzene rings is 1. The highest BCUT2D eigenvalue weighted by Crippen LogP contribution is 2.33. The molecule has 1 aromatic heterocycles. The largest absolute Gasteiger partial charge is 0.339 e. The van der Waals surface area contributed by atoms with Crippen molar-refractivity contribution in [3.05, 3.63) is 53.6 Å². The molecule has 2 heterocycles. The highest BCUT2D eigenvalue weighted by atomic mass is 16.2. The van der Waals surface area contributed by atoms with Gasteiger partial charge in [-0.3, -0.25) is 9.59 Å². The molecule has 1 aliphatic carbocycles. The van der Waals surface area contributed by atoms with E-state index in [0.29, 0.717) is 17.0 Å². The minimum absolute atomic E-state index is 0.0131. The summed E-state index contributed by atoms with van der Waals surface area (Å²) >= 11 is 0. The topological polar surface area (TPSA) is 55.2 Å². The number of carbonyl (C=O) groups is 2. The molecule has 1 saturated heterocycles. The molecule has 2 aliphatic rings. The lowest BCUT2D eigenvalue weighted by Gasteiger charge is -2.32. The average molecular weight is 351 g/mol. The SMILES string of the molecule is CC(=O)c1cccc(C(=O)N2CCC(c3nccn3CC3CC3)CC2)c1. The van der Waals surface area contributed by atoms with E-state index in [-0.39, 0.29) is 11.7 Å². The third kappa shape index (κ3) is 3.57. The molecule has 0 N–H and O–H groups in total. The molecule has 2 fully saturated rings.